The Bertz CT molecular complexity index is 500. The van der Waals surface area contributed by atoms with Gasteiger partial charge in [-0.05, 0) is 50.3 Å². The van der Waals surface area contributed by atoms with E-state index in [0.717, 1.165) is 12.5 Å². The van der Waals surface area contributed by atoms with E-state index in [9.17, 15) is 9.18 Å². The maximum absolute atomic E-state index is 14.2. The van der Waals surface area contributed by atoms with E-state index in [0.29, 0.717) is 17.3 Å². The van der Waals surface area contributed by atoms with Gasteiger partial charge in [-0.25, -0.2) is 4.39 Å². The minimum Gasteiger partial charge on any atom is -0.366 e. The molecule has 2 aliphatic rings. The Labute approximate surface area is 113 Å². The van der Waals surface area contributed by atoms with Gasteiger partial charge in [0, 0.05) is 18.2 Å². The second-order valence-corrected chi connectivity index (χ2v) is 5.82. The largest absolute Gasteiger partial charge is 0.366 e. The molecule has 1 aliphatic carbocycles. The van der Waals surface area contributed by atoms with Gasteiger partial charge in [0.1, 0.15) is 5.82 Å². The molecule has 19 heavy (non-hydrogen) atoms. The van der Waals surface area contributed by atoms with Crippen LogP contribution in [0.1, 0.15) is 49.4 Å². The van der Waals surface area contributed by atoms with E-state index in [4.69, 9.17) is 0 Å². The zero-order valence-corrected chi connectivity index (χ0v) is 11.4. The van der Waals surface area contributed by atoms with Crippen molar-refractivity contribution < 1.29 is 9.18 Å². The zero-order chi connectivity index (χ0) is 13.4. The summed E-state index contributed by atoms with van der Waals surface area (Å²) in [6.45, 7) is 2.42. The molecule has 1 aromatic rings. The molecule has 0 bridgehead atoms. The fourth-order valence-electron chi connectivity index (χ4n) is 3.66. The third-order valence-electron chi connectivity index (χ3n) is 4.67. The number of halogens is 1. The predicted molar refractivity (Wildman–Crippen MR) is 74.1 cm³/mol. The van der Waals surface area contributed by atoms with Crippen LogP contribution in [0, 0.1) is 11.7 Å². The molecule has 102 valence electrons. The Hall–Kier alpha value is -1.38. The molecule has 2 atom stereocenters. The van der Waals surface area contributed by atoms with E-state index >= 15 is 0 Å². The van der Waals surface area contributed by atoms with Crippen molar-refractivity contribution in [2.75, 3.05) is 11.4 Å². The van der Waals surface area contributed by atoms with Crippen molar-refractivity contribution in [1.29, 1.82) is 0 Å². The van der Waals surface area contributed by atoms with Crippen LogP contribution in [-0.4, -0.2) is 18.4 Å². The second-order valence-electron chi connectivity index (χ2n) is 5.82. The van der Waals surface area contributed by atoms with Crippen LogP contribution >= 0.6 is 0 Å². The van der Waals surface area contributed by atoms with E-state index in [1.165, 1.54) is 45.1 Å². The first kappa shape index (κ1) is 12.6. The lowest BCUT2D eigenvalue weighted by molar-refractivity contribution is 0.101. The third-order valence-corrected chi connectivity index (χ3v) is 4.67. The maximum atomic E-state index is 14.2. The van der Waals surface area contributed by atoms with E-state index in [-0.39, 0.29) is 11.6 Å². The normalized spacial score (nSPS) is 26.3. The highest BCUT2D eigenvalue weighted by Gasteiger charge is 2.36. The topological polar surface area (TPSA) is 20.3 Å². The van der Waals surface area contributed by atoms with Crippen LogP contribution in [0.4, 0.5) is 10.1 Å². The van der Waals surface area contributed by atoms with Gasteiger partial charge in [0.15, 0.2) is 5.78 Å². The SMILES string of the molecule is CC(=O)c1ccc(N2CCC3CCCCC32)c(F)c1. The molecule has 2 nitrogen and oxygen atoms in total. The van der Waals surface area contributed by atoms with E-state index in [2.05, 4.69) is 4.90 Å². The quantitative estimate of drug-likeness (QED) is 0.755. The highest BCUT2D eigenvalue weighted by atomic mass is 19.1. The molecule has 0 aromatic heterocycles. The molecular formula is C16H20FNO. The molecule has 1 saturated carbocycles. The Balaban J connectivity index is 1.88. The smallest absolute Gasteiger partial charge is 0.159 e. The van der Waals surface area contributed by atoms with Crippen LogP contribution in [0.5, 0.6) is 0 Å². The van der Waals surface area contributed by atoms with Gasteiger partial charge >= 0.3 is 0 Å². The van der Waals surface area contributed by atoms with Crippen molar-refractivity contribution >= 4 is 11.5 Å². The molecule has 1 heterocycles. The van der Waals surface area contributed by atoms with Crippen LogP contribution in [0.2, 0.25) is 0 Å². The Morgan fingerprint density at radius 3 is 2.79 bits per heavy atom. The van der Waals surface area contributed by atoms with Crippen molar-refractivity contribution in [2.45, 2.75) is 45.1 Å². The summed E-state index contributed by atoms with van der Waals surface area (Å²) in [6, 6.07) is 5.42. The number of anilines is 1. The highest BCUT2D eigenvalue weighted by molar-refractivity contribution is 5.94. The number of hydrogen-bond donors (Lipinski definition) is 0. The van der Waals surface area contributed by atoms with Gasteiger partial charge in [-0.15, -0.1) is 0 Å². The molecule has 0 amide bonds. The number of ketones is 1. The third kappa shape index (κ3) is 2.26. The average Bonchev–Trinajstić information content (AvgIpc) is 2.82. The number of carbonyl (C=O) groups excluding carboxylic acids is 1. The fraction of sp³-hybridized carbons (Fsp3) is 0.562. The molecule has 2 unspecified atom stereocenters. The summed E-state index contributed by atoms with van der Waals surface area (Å²) in [4.78, 5) is 13.5. The van der Waals surface area contributed by atoms with Crippen LogP contribution in [0.3, 0.4) is 0 Å². The van der Waals surface area contributed by atoms with Crippen LogP contribution in [-0.2, 0) is 0 Å². The monoisotopic (exact) mass is 261 g/mol. The van der Waals surface area contributed by atoms with E-state index in [1.54, 1.807) is 12.1 Å². The van der Waals surface area contributed by atoms with Gasteiger partial charge in [0.25, 0.3) is 0 Å². The first-order valence-electron chi connectivity index (χ1n) is 7.24. The molecule has 0 N–H and O–H groups in total. The van der Waals surface area contributed by atoms with Crippen LogP contribution in [0.25, 0.3) is 0 Å². The summed E-state index contributed by atoms with van der Waals surface area (Å²) < 4.78 is 14.2. The van der Waals surface area contributed by atoms with Crippen molar-refractivity contribution in [2.24, 2.45) is 5.92 Å². The number of nitrogens with zero attached hydrogens (tertiary/aromatic N) is 1. The summed E-state index contributed by atoms with van der Waals surface area (Å²) in [7, 11) is 0. The van der Waals surface area contributed by atoms with Gasteiger partial charge in [0.05, 0.1) is 5.69 Å². The van der Waals surface area contributed by atoms with Gasteiger partial charge in [-0.2, -0.15) is 0 Å². The molecule has 1 aliphatic heterocycles. The molecule has 3 heteroatoms. The van der Waals surface area contributed by atoms with Crippen molar-refractivity contribution in [3.63, 3.8) is 0 Å². The Morgan fingerprint density at radius 1 is 1.26 bits per heavy atom. The minimum atomic E-state index is -0.251. The fourth-order valence-corrected chi connectivity index (χ4v) is 3.66. The van der Waals surface area contributed by atoms with Crippen molar-refractivity contribution in [3.05, 3.63) is 29.6 Å². The number of rotatable bonds is 2. The molecular weight excluding hydrogens is 241 g/mol. The summed E-state index contributed by atoms with van der Waals surface area (Å²) >= 11 is 0. The summed E-state index contributed by atoms with van der Waals surface area (Å²) in [5, 5.41) is 0. The van der Waals surface area contributed by atoms with E-state index in [1.807, 2.05) is 0 Å². The Kier molecular flexibility index (Phi) is 3.29. The van der Waals surface area contributed by atoms with Gasteiger partial charge in [0.2, 0.25) is 0 Å². The Morgan fingerprint density at radius 2 is 2.05 bits per heavy atom. The van der Waals surface area contributed by atoms with Crippen molar-refractivity contribution in [3.8, 4) is 0 Å². The molecule has 1 aromatic carbocycles. The second kappa shape index (κ2) is 4.95. The first-order chi connectivity index (χ1) is 9.16. The first-order valence-corrected chi connectivity index (χ1v) is 7.24. The number of fused-ring (bicyclic) bond motifs is 1. The standard InChI is InChI=1S/C16H20FNO/c1-11(19)13-6-7-16(14(17)10-13)18-9-8-12-4-2-3-5-15(12)18/h6-7,10,12,15H,2-5,8-9H2,1H3. The highest BCUT2D eigenvalue weighted by Crippen LogP contribution is 2.39. The molecule has 1 saturated heterocycles. The lowest BCUT2D eigenvalue weighted by atomic mass is 9.85. The van der Waals surface area contributed by atoms with Crippen molar-refractivity contribution in [1.82, 2.24) is 0 Å². The number of Topliss-reactive ketones (excluding diaryl/α,β-unsaturated/α-hetero) is 1. The van der Waals surface area contributed by atoms with Crippen LogP contribution in [0.15, 0.2) is 18.2 Å². The van der Waals surface area contributed by atoms with Gasteiger partial charge in [-0.3, -0.25) is 4.79 Å². The minimum absolute atomic E-state index is 0.0811. The van der Waals surface area contributed by atoms with Crippen LogP contribution < -0.4 is 4.90 Å². The number of carbonyl (C=O) groups is 1. The summed E-state index contributed by atoms with van der Waals surface area (Å²) in [5.41, 5.74) is 1.14. The summed E-state index contributed by atoms with van der Waals surface area (Å²) in [6.07, 6.45) is 6.22. The van der Waals surface area contributed by atoms with Gasteiger partial charge < -0.3 is 4.90 Å². The zero-order valence-electron chi connectivity index (χ0n) is 11.4. The lowest BCUT2D eigenvalue weighted by Crippen LogP contribution is -2.35. The molecule has 0 radical (unpaired) electrons. The number of benzene rings is 1. The predicted octanol–water partition coefficient (Wildman–Crippen LogP) is 3.80. The van der Waals surface area contributed by atoms with E-state index < -0.39 is 0 Å². The molecule has 2 fully saturated rings. The molecule has 3 rings (SSSR count). The maximum Gasteiger partial charge on any atom is 0.159 e. The van der Waals surface area contributed by atoms with Gasteiger partial charge in [-0.1, -0.05) is 12.8 Å². The summed E-state index contributed by atoms with van der Waals surface area (Å²) in [5.74, 6) is 0.405. The average molecular weight is 261 g/mol. The number of hydrogen-bond acceptors (Lipinski definition) is 2. The lowest BCUT2D eigenvalue weighted by Gasteiger charge is -2.33. The molecule has 0 spiro atoms.